The summed E-state index contributed by atoms with van der Waals surface area (Å²) >= 11 is 5.05. The molecule has 10 heterocycles. The normalized spacial score (nSPS) is 12.9. The van der Waals surface area contributed by atoms with E-state index in [1.54, 1.807) is 0 Å². The first-order valence-corrected chi connectivity index (χ1v) is 44.9. The van der Waals surface area contributed by atoms with Crippen molar-refractivity contribution in [2.45, 2.75) is 201 Å². The van der Waals surface area contributed by atoms with E-state index < -0.39 is 11.9 Å². The molecule has 5 aromatic carbocycles. The van der Waals surface area contributed by atoms with Gasteiger partial charge in [0, 0.05) is 61.5 Å². The van der Waals surface area contributed by atoms with Crippen LogP contribution in [0.3, 0.4) is 0 Å². The molecule has 0 saturated heterocycles. The molecule has 119 heavy (non-hydrogen) atoms. The lowest BCUT2D eigenvalue weighted by Gasteiger charge is -2.26. The van der Waals surface area contributed by atoms with Crippen LogP contribution in [0.1, 0.15) is 258 Å². The number of halogens is 2. The van der Waals surface area contributed by atoms with E-state index in [2.05, 4.69) is 273 Å². The Hall–Kier alpha value is -10.5. The fourth-order valence-corrected chi connectivity index (χ4v) is 21.0. The van der Waals surface area contributed by atoms with Gasteiger partial charge < -0.3 is 34.3 Å². The number of aromatic amines is 4. The lowest BCUT2D eigenvalue weighted by Crippen LogP contribution is -2.10. The van der Waals surface area contributed by atoms with E-state index >= 15 is 0 Å². The summed E-state index contributed by atoms with van der Waals surface area (Å²) in [5.74, 6) is -0.836. The second-order valence-electron chi connectivity index (χ2n) is 31.9. The number of allylic oxidation sites excluding steroid dienone is 8. The number of aromatic nitrogens is 8. The Morgan fingerprint density at radius 2 is 0.723 bits per heavy atom. The van der Waals surface area contributed by atoms with E-state index in [-0.39, 0.29) is 0 Å². The predicted molar refractivity (Wildman–Crippen MR) is 516 cm³/mol. The lowest BCUT2D eigenvalue weighted by atomic mass is 9.91. The third-order valence-corrected chi connectivity index (χ3v) is 27.8. The first-order chi connectivity index (χ1) is 57.6. The summed E-state index contributed by atoms with van der Waals surface area (Å²) in [6.07, 6.45) is 11.8. The number of carbonyl (C=O) groups excluding carboxylic acids is 2. The fourth-order valence-electron chi connectivity index (χ4n) is 19.2. The standard InChI is InChI=1S/C104H109I2N9O4/c1-20-29-30-31-36-63-41-47-66(48-42-63)115(67-49-43-64(44-50-67)85-95-69(21-2)55(10)81(107-95)53-83-57(12)71(23-4)99(109-83)89(105)101-75(27-8)61(16)93(113-101)87(91-59(14)73(25-6)97(85)111-91)77-37-32-34-39-79(77)103(116)118-18)68-51-45-65(46-52-68)86-96-70(22-3)56(11)82(108-96)54-84-58(13)72(24-5)100(110-84)90(106)102-76(28-9)62(17)94(114-102)88(92-60(15)74(26-7)98(86)112-92)78-38-33-35-40-80(78)104(117)119-19/h32-35,37-54,107,110,112-113H,20-31,36H2,1-19H3. The number of aryl methyl sites for hydroxylation is 9. The zero-order valence-corrected chi connectivity index (χ0v) is 76.8. The van der Waals surface area contributed by atoms with Gasteiger partial charge in [0.15, 0.2) is 0 Å². The second-order valence-corrected chi connectivity index (χ2v) is 34.1. The van der Waals surface area contributed by atoms with Crippen LogP contribution in [0.15, 0.2) is 133 Å². The van der Waals surface area contributed by atoms with E-state index in [0.717, 1.165) is 260 Å². The van der Waals surface area contributed by atoms with Crippen molar-refractivity contribution in [3.8, 4) is 44.5 Å². The van der Waals surface area contributed by atoms with Crippen LogP contribution in [0.5, 0.6) is 0 Å². The van der Waals surface area contributed by atoms with Crippen molar-refractivity contribution in [2.75, 3.05) is 19.1 Å². The fraction of sp³-hybridized carbons (Fsp3) is 0.308. The largest absolute Gasteiger partial charge is 0.465 e. The number of methoxy groups -OCH3 is 2. The molecule has 15 rings (SSSR count). The number of rotatable bonds is 22. The number of hydrogen-bond donors (Lipinski definition) is 4. The van der Waals surface area contributed by atoms with Gasteiger partial charge in [0.05, 0.1) is 111 Å². The molecule has 0 unspecified atom stereocenters. The molecule has 0 radical (unpaired) electrons. The minimum absolute atomic E-state index is 0.418. The van der Waals surface area contributed by atoms with Gasteiger partial charge in [-0.05, 0) is 331 Å². The highest BCUT2D eigenvalue weighted by molar-refractivity contribution is 14.1. The van der Waals surface area contributed by atoms with E-state index in [1.165, 1.54) is 78.0 Å². The lowest BCUT2D eigenvalue weighted by molar-refractivity contribution is 0.0592. The average molecular weight is 1800 g/mol. The van der Waals surface area contributed by atoms with E-state index in [4.69, 9.17) is 29.4 Å². The molecular weight excluding hydrogens is 1690 g/mol. The number of ether oxygens (including phenoxy) is 2. The van der Waals surface area contributed by atoms with Crippen molar-refractivity contribution < 1.29 is 19.1 Å². The van der Waals surface area contributed by atoms with Gasteiger partial charge in [-0.2, -0.15) is 0 Å². The van der Waals surface area contributed by atoms with Gasteiger partial charge in [-0.3, -0.25) is 0 Å². The molecule has 15 heteroatoms. The van der Waals surface area contributed by atoms with Crippen LogP contribution < -0.4 is 4.90 Å². The number of unbranched alkanes of at least 4 members (excludes halogenated alkanes) is 3. The summed E-state index contributed by atoms with van der Waals surface area (Å²) in [4.78, 5) is 70.4. The SMILES string of the molecule is CCCCCCc1ccc(N(c2ccc(-c3c4nc(c(-c5ccccc5C(=O)OC)c5[nH]c(c(I)c6nc(cc7[nH]c3c(CC)c7C)C(C)=C6CC)c(CC)c5C)C(C)=C4CC)cc2)c2ccc(-c3c4nc(cc5[nH]c(c(I)c6nc(c(-c7ccccc7C(=O)OC)c7[nH]c3c(CC)c7C)C(C)=C6CC)c(CC)c5C)C(C)=C4CC)cc2)cc1. The first kappa shape index (κ1) is 83.6. The molecule has 0 aliphatic carbocycles. The van der Waals surface area contributed by atoms with Crippen molar-refractivity contribution in [3.63, 3.8) is 0 Å². The van der Waals surface area contributed by atoms with E-state index in [1.807, 2.05) is 48.5 Å². The van der Waals surface area contributed by atoms with Gasteiger partial charge in [-0.15, -0.1) is 0 Å². The van der Waals surface area contributed by atoms with Crippen molar-refractivity contribution >= 4 is 163 Å². The van der Waals surface area contributed by atoms with Crippen molar-refractivity contribution in [1.29, 1.82) is 0 Å². The monoisotopic (exact) mass is 1800 g/mol. The van der Waals surface area contributed by atoms with Crippen LogP contribution in [-0.4, -0.2) is 66.0 Å². The van der Waals surface area contributed by atoms with Crippen LogP contribution in [0.2, 0.25) is 0 Å². The highest BCUT2D eigenvalue weighted by Gasteiger charge is 2.34. The maximum Gasteiger partial charge on any atom is 0.338 e. The number of nitrogens with zero attached hydrogens (tertiary/aromatic N) is 5. The number of anilines is 3. The highest BCUT2D eigenvalue weighted by Crippen LogP contribution is 2.51. The third-order valence-electron chi connectivity index (χ3n) is 25.7. The highest BCUT2D eigenvalue weighted by atomic mass is 127. The first-order valence-electron chi connectivity index (χ1n) is 42.8. The minimum Gasteiger partial charge on any atom is -0.465 e. The Kier molecular flexibility index (Phi) is 24.4. The van der Waals surface area contributed by atoms with Crippen LogP contribution in [0.25, 0.3) is 133 Å². The maximum atomic E-state index is 14.2. The average Bonchev–Trinajstić information content (AvgIpc) is 1.59. The number of fused-ring (bicyclic) bond motifs is 16. The number of H-pyrrole nitrogens is 4. The second kappa shape index (κ2) is 34.7. The number of hydrogen-bond acceptors (Lipinski definition) is 9. The van der Waals surface area contributed by atoms with E-state index in [9.17, 15) is 9.59 Å². The molecule has 0 atom stereocenters. The molecule has 0 saturated carbocycles. The summed E-state index contributed by atoms with van der Waals surface area (Å²) in [6, 6.07) is 47.7. The molecule has 0 spiro atoms. The molecule has 4 aliphatic heterocycles. The Morgan fingerprint density at radius 3 is 1.18 bits per heavy atom. The summed E-state index contributed by atoms with van der Waals surface area (Å²) in [5, 5.41) is 0. The third kappa shape index (κ3) is 14.5. The van der Waals surface area contributed by atoms with Crippen LogP contribution in [0.4, 0.5) is 17.1 Å². The molecule has 608 valence electrons. The van der Waals surface area contributed by atoms with Crippen LogP contribution >= 0.6 is 45.2 Å². The van der Waals surface area contributed by atoms with Crippen LogP contribution in [0, 0.1) is 34.8 Å². The molecule has 6 aromatic heterocycles. The summed E-state index contributed by atoms with van der Waals surface area (Å²) in [6.45, 7) is 37.9. The number of esters is 2. The van der Waals surface area contributed by atoms with Gasteiger partial charge in [0.25, 0.3) is 0 Å². The topological polar surface area (TPSA) is 171 Å². The summed E-state index contributed by atoms with van der Waals surface area (Å²) < 4.78 is 13.3. The molecule has 11 aromatic rings. The van der Waals surface area contributed by atoms with Gasteiger partial charge in [0.2, 0.25) is 0 Å². The Balaban J connectivity index is 1.00. The van der Waals surface area contributed by atoms with Gasteiger partial charge in [-0.1, -0.05) is 154 Å². The van der Waals surface area contributed by atoms with Crippen molar-refractivity contribution in [2.24, 2.45) is 0 Å². The molecule has 4 N–H and O–H groups in total. The van der Waals surface area contributed by atoms with Gasteiger partial charge >= 0.3 is 11.9 Å². The number of nitrogens with one attached hydrogen (secondary N) is 4. The van der Waals surface area contributed by atoms with Crippen molar-refractivity contribution in [3.05, 3.63) is 247 Å². The molecule has 16 bridgehead atoms. The summed E-state index contributed by atoms with van der Waals surface area (Å²) in [7, 11) is 2.91. The Bertz CT molecular complexity index is 6390. The van der Waals surface area contributed by atoms with Gasteiger partial charge in [-0.25, -0.2) is 29.5 Å². The quantitative estimate of drug-likeness (QED) is 0.0293. The maximum absolute atomic E-state index is 14.2. The summed E-state index contributed by atoms with van der Waals surface area (Å²) in [5.41, 5.74) is 45.8. The zero-order valence-electron chi connectivity index (χ0n) is 72.5. The molecule has 4 aliphatic rings. The number of benzene rings is 5. The minimum atomic E-state index is -0.418. The van der Waals surface area contributed by atoms with E-state index in [0.29, 0.717) is 24.0 Å². The molecule has 0 amide bonds. The number of carbonyl (C=O) groups is 2. The molecule has 0 fully saturated rings. The van der Waals surface area contributed by atoms with Crippen LogP contribution in [-0.2, 0) is 41.6 Å². The Labute approximate surface area is 728 Å². The Morgan fingerprint density at radius 1 is 0.361 bits per heavy atom. The molecular formula is C104H109I2N9O4. The smallest absolute Gasteiger partial charge is 0.338 e. The molecule has 13 nitrogen and oxygen atoms in total. The van der Waals surface area contributed by atoms with Gasteiger partial charge in [0.1, 0.15) is 0 Å². The zero-order chi connectivity index (χ0) is 84.3. The predicted octanol–water partition coefficient (Wildman–Crippen LogP) is 28.8. The van der Waals surface area contributed by atoms with Crippen molar-refractivity contribution in [1.82, 2.24) is 39.9 Å².